The van der Waals surface area contributed by atoms with E-state index in [4.69, 9.17) is 4.98 Å². The molecule has 0 amide bonds. The van der Waals surface area contributed by atoms with E-state index in [2.05, 4.69) is 110 Å². The Bertz CT molecular complexity index is 1650. The first-order valence-electron chi connectivity index (χ1n) is 11.4. The Kier molecular flexibility index (Phi) is 4.34. The minimum atomic E-state index is 0.989. The number of rotatable bonds is 2. The molecule has 0 saturated heterocycles. The van der Waals surface area contributed by atoms with Crippen LogP contribution in [0.4, 0.5) is 0 Å². The predicted molar refractivity (Wildman–Crippen MR) is 137 cm³/mol. The van der Waals surface area contributed by atoms with Gasteiger partial charge in [0.2, 0.25) is 5.69 Å². The minimum Gasteiger partial charge on any atom is -0.293 e. The molecule has 0 radical (unpaired) electrons. The highest BCUT2D eigenvalue weighted by atomic mass is 15.0. The zero-order chi connectivity index (χ0) is 22.7. The van der Waals surface area contributed by atoms with Crippen LogP contribution in [-0.2, 0) is 7.05 Å². The molecule has 3 heteroatoms. The lowest BCUT2D eigenvalue weighted by Gasteiger charge is -2.14. The van der Waals surface area contributed by atoms with E-state index in [0.29, 0.717) is 0 Å². The van der Waals surface area contributed by atoms with Crippen LogP contribution in [0.1, 0.15) is 16.7 Å². The smallest absolute Gasteiger partial charge is 0.220 e. The third-order valence-corrected chi connectivity index (χ3v) is 6.90. The lowest BCUT2D eigenvalue weighted by atomic mass is 9.94. The van der Waals surface area contributed by atoms with Crippen molar-refractivity contribution in [2.45, 2.75) is 20.8 Å². The summed E-state index contributed by atoms with van der Waals surface area (Å²) in [6.07, 6.45) is 4.06. The number of fused-ring (bicyclic) bond motifs is 4. The van der Waals surface area contributed by atoms with Gasteiger partial charge in [0, 0.05) is 28.4 Å². The predicted octanol–water partition coefficient (Wildman–Crippen LogP) is 6.75. The van der Waals surface area contributed by atoms with Gasteiger partial charge in [-0.05, 0) is 68.3 Å². The SMILES string of the molecule is Cc1cc(C)c(C)c(-c2c3cccc(-n4c5ccccc5c5cccnc54)c3cc[n+]2C)c1. The average molecular weight is 429 g/mol. The second-order valence-electron chi connectivity index (χ2n) is 9.00. The Morgan fingerprint density at radius 2 is 1.55 bits per heavy atom. The molecule has 0 aliphatic heterocycles. The number of benzene rings is 3. The van der Waals surface area contributed by atoms with Gasteiger partial charge in [0.25, 0.3) is 0 Å². The molecule has 160 valence electrons. The first-order valence-corrected chi connectivity index (χ1v) is 11.4. The molecule has 0 saturated carbocycles. The maximum atomic E-state index is 4.79. The summed E-state index contributed by atoms with van der Waals surface area (Å²) in [7, 11) is 2.14. The van der Waals surface area contributed by atoms with Crippen molar-refractivity contribution in [3.63, 3.8) is 0 Å². The fraction of sp³-hybridized carbons (Fsp3) is 0.133. The molecule has 33 heavy (non-hydrogen) atoms. The third-order valence-electron chi connectivity index (χ3n) is 6.90. The molecular formula is C30H26N3+. The van der Waals surface area contributed by atoms with E-state index < -0.39 is 0 Å². The quantitative estimate of drug-likeness (QED) is 0.280. The molecule has 0 aliphatic carbocycles. The van der Waals surface area contributed by atoms with Crippen molar-refractivity contribution < 1.29 is 4.57 Å². The summed E-state index contributed by atoms with van der Waals surface area (Å²) in [5.74, 6) is 0. The van der Waals surface area contributed by atoms with E-state index in [1.54, 1.807) is 0 Å². The average Bonchev–Trinajstić information content (AvgIpc) is 3.15. The van der Waals surface area contributed by atoms with Crippen LogP contribution in [0.3, 0.4) is 0 Å². The highest BCUT2D eigenvalue weighted by Crippen LogP contribution is 2.36. The second kappa shape index (κ2) is 7.28. The van der Waals surface area contributed by atoms with E-state index in [1.165, 1.54) is 55.0 Å². The normalized spacial score (nSPS) is 11.6. The molecule has 0 aliphatic rings. The molecule has 0 N–H and O–H groups in total. The molecule has 0 fully saturated rings. The van der Waals surface area contributed by atoms with Crippen molar-refractivity contribution in [3.05, 3.63) is 102 Å². The zero-order valence-corrected chi connectivity index (χ0v) is 19.4. The van der Waals surface area contributed by atoms with Gasteiger partial charge in [-0.3, -0.25) is 4.57 Å². The van der Waals surface area contributed by atoms with Crippen molar-refractivity contribution in [3.8, 4) is 16.9 Å². The maximum Gasteiger partial charge on any atom is 0.220 e. The largest absolute Gasteiger partial charge is 0.293 e. The summed E-state index contributed by atoms with van der Waals surface area (Å²) >= 11 is 0. The summed E-state index contributed by atoms with van der Waals surface area (Å²) in [6, 6.07) is 26.2. The topological polar surface area (TPSA) is 21.7 Å². The van der Waals surface area contributed by atoms with Crippen LogP contribution in [0.2, 0.25) is 0 Å². The van der Waals surface area contributed by atoms with Crippen molar-refractivity contribution in [2.24, 2.45) is 7.05 Å². The van der Waals surface area contributed by atoms with Gasteiger partial charge in [-0.15, -0.1) is 0 Å². The van der Waals surface area contributed by atoms with Gasteiger partial charge in [0.1, 0.15) is 12.7 Å². The third kappa shape index (κ3) is 2.89. The maximum absolute atomic E-state index is 4.79. The van der Waals surface area contributed by atoms with Crippen LogP contribution in [0.5, 0.6) is 0 Å². The minimum absolute atomic E-state index is 0.989. The number of hydrogen-bond acceptors (Lipinski definition) is 1. The Balaban J connectivity index is 1.75. The number of nitrogens with zero attached hydrogens (tertiary/aromatic N) is 3. The first-order chi connectivity index (χ1) is 16.0. The Morgan fingerprint density at radius 3 is 2.42 bits per heavy atom. The van der Waals surface area contributed by atoms with Gasteiger partial charge in [-0.1, -0.05) is 35.9 Å². The Morgan fingerprint density at radius 1 is 0.758 bits per heavy atom. The van der Waals surface area contributed by atoms with Crippen LogP contribution in [-0.4, -0.2) is 9.55 Å². The summed E-state index contributed by atoms with van der Waals surface area (Å²) in [6.45, 7) is 6.60. The number of hydrogen-bond donors (Lipinski definition) is 0. The zero-order valence-electron chi connectivity index (χ0n) is 19.4. The van der Waals surface area contributed by atoms with E-state index in [9.17, 15) is 0 Å². The monoisotopic (exact) mass is 428 g/mol. The number of para-hydroxylation sites is 1. The molecule has 0 spiro atoms. The van der Waals surface area contributed by atoms with Crippen LogP contribution in [0.15, 0.2) is 85.2 Å². The van der Waals surface area contributed by atoms with E-state index in [-0.39, 0.29) is 0 Å². The van der Waals surface area contributed by atoms with Gasteiger partial charge in [0.05, 0.1) is 22.2 Å². The van der Waals surface area contributed by atoms with Gasteiger partial charge in [-0.25, -0.2) is 9.55 Å². The van der Waals surface area contributed by atoms with Crippen molar-refractivity contribution in [1.29, 1.82) is 0 Å². The fourth-order valence-corrected chi connectivity index (χ4v) is 5.24. The standard InChI is InChI=1S/C30H26N3/c1-19-17-20(2)21(3)26(18-19)29-24-10-7-13-28(23(24)14-16-32(29)4)33-27-12-6-5-9-22(27)25-11-8-15-31-30(25)33/h5-18H,1-4H3/q+1. The van der Waals surface area contributed by atoms with Gasteiger partial charge >= 0.3 is 0 Å². The molecule has 3 aromatic carbocycles. The fourth-order valence-electron chi connectivity index (χ4n) is 5.24. The van der Waals surface area contributed by atoms with Crippen LogP contribution < -0.4 is 4.57 Å². The molecule has 3 aromatic heterocycles. The molecule has 3 nitrogen and oxygen atoms in total. The molecule has 0 unspecified atom stereocenters. The molecule has 6 aromatic rings. The molecule has 0 bridgehead atoms. The van der Waals surface area contributed by atoms with Crippen LogP contribution >= 0.6 is 0 Å². The van der Waals surface area contributed by atoms with Crippen LogP contribution in [0, 0.1) is 20.8 Å². The molecule has 0 atom stereocenters. The van der Waals surface area contributed by atoms with Gasteiger partial charge in [0.15, 0.2) is 6.20 Å². The number of aromatic nitrogens is 3. The summed E-state index contributed by atoms with van der Waals surface area (Å²) < 4.78 is 4.56. The molecule has 6 rings (SSSR count). The highest BCUT2D eigenvalue weighted by Gasteiger charge is 2.21. The summed E-state index contributed by atoms with van der Waals surface area (Å²) in [5, 5.41) is 4.87. The van der Waals surface area contributed by atoms with Crippen molar-refractivity contribution in [1.82, 2.24) is 9.55 Å². The van der Waals surface area contributed by atoms with Gasteiger partial charge < -0.3 is 0 Å². The van der Waals surface area contributed by atoms with Crippen molar-refractivity contribution in [2.75, 3.05) is 0 Å². The number of pyridine rings is 2. The summed E-state index contributed by atoms with van der Waals surface area (Å²) in [5.41, 5.74) is 9.79. The van der Waals surface area contributed by atoms with Gasteiger partial charge in [-0.2, -0.15) is 0 Å². The number of aryl methyl sites for hydroxylation is 3. The molecular weight excluding hydrogens is 402 g/mol. The summed E-state index contributed by atoms with van der Waals surface area (Å²) in [4.78, 5) is 4.79. The first kappa shape index (κ1) is 19.7. The second-order valence-corrected chi connectivity index (χ2v) is 9.00. The Hall–Kier alpha value is -3.98. The van der Waals surface area contributed by atoms with Crippen LogP contribution in [0.25, 0.3) is 49.7 Å². The molecule has 3 heterocycles. The lowest BCUT2D eigenvalue weighted by Crippen LogP contribution is -2.31. The Labute approximate surface area is 193 Å². The van der Waals surface area contributed by atoms with Crippen molar-refractivity contribution >= 4 is 32.7 Å². The van der Waals surface area contributed by atoms with E-state index >= 15 is 0 Å². The highest BCUT2D eigenvalue weighted by molar-refractivity contribution is 6.09. The van der Waals surface area contributed by atoms with E-state index in [1.807, 2.05) is 12.3 Å². The van der Waals surface area contributed by atoms with E-state index in [0.717, 1.165) is 11.3 Å². The lowest BCUT2D eigenvalue weighted by molar-refractivity contribution is -0.659.